The normalized spacial score (nSPS) is 19.4. The number of carbonyl (C=O) groups is 2. The number of nitrogens with zero attached hydrogens (tertiary/aromatic N) is 8. The Morgan fingerprint density at radius 2 is 1.09 bits per heavy atom. The molecule has 6 aromatic rings. The third kappa shape index (κ3) is 11.2. The molecule has 364 valence electrons. The minimum atomic E-state index is -3.86. The zero-order chi connectivity index (χ0) is 49.2. The Labute approximate surface area is 420 Å². The predicted octanol–water partition coefficient (Wildman–Crippen LogP) is 9.72. The fraction of sp³-hybridized carbons (Fsp3) is 0.320. The van der Waals surface area contributed by atoms with Crippen molar-refractivity contribution in [2.75, 3.05) is 45.9 Å². The van der Waals surface area contributed by atoms with Crippen LogP contribution in [0.1, 0.15) is 49.9 Å². The van der Waals surface area contributed by atoms with Gasteiger partial charge in [-0.3, -0.25) is 19.6 Å². The van der Waals surface area contributed by atoms with E-state index in [4.69, 9.17) is 47.1 Å². The maximum Gasteiger partial charge on any atom is 0.330 e. The second-order valence-electron chi connectivity index (χ2n) is 17.8. The lowest BCUT2D eigenvalue weighted by Crippen LogP contribution is -2.51. The molecular weight excluding hydrogens is 976 g/mol. The van der Waals surface area contributed by atoms with E-state index in [9.17, 15) is 18.0 Å². The third-order valence-corrected chi connectivity index (χ3v) is 14.7. The molecule has 10 rings (SSSR count). The lowest BCUT2D eigenvalue weighted by atomic mass is 10.1. The highest BCUT2D eigenvalue weighted by Crippen LogP contribution is 2.38. The Morgan fingerprint density at radius 1 is 0.629 bits per heavy atom. The molecule has 2 fully saturated rings. The highest BCUT2D eigenvalue weighted by molar-refractivity contribution is 7.98. The first-order chi connectivity index (χ1) is 33.5. The molecule has 0 radical (unpaired) electrons. The monoisotopic (exact) mass is 1020 g/mol. The molecular formula is C50H50Cl2N8O8S2. The summed E-state index contributed by atoms with van der Waals surface area (Å²) in [5.41, 5.74) is 4.43. The lowest BCUT2D eigenvalue weighted by molar-refractivity contribution is -0.137. The Bertz CT molecular complexity index is 2990. The molecule has 0 aliphatic carbocycles. The molecule has 6 heterocycles. The molecule has 2 atom stereocenters. The lowest BCUT2D eigenvalue weighted by Gasteiger charge is -2.37. The molecule has 4 aliphatic heterocycles. The number of halogens is 2. The second-order valence-corrected chi connectivity index (χ2v) is 21.4. The van der Waals surface area contributed by atoms with Crippen LogP contribution < -0.4 is 19.6 Å². The van der Waals surface area contributed by atoms with E-state index in [1.807, 2.05) is 56.3 Å². The van der Waals surface area contributed by atoms with Crippen molar-refractivity contribution in [1.82, 2.24) is 19.9 Å². The van der Waals surface area contributed by atoms with Crippen molar-refractivity contribution in [3.63, 3.8) is 0 Å². The van der Waals surface area contributed by atoms with Gasteiger partial charge in [-0.05, 0) is 63.1 Å². The molecule has 4 aromatic carbocycles. The SMILES string of the molecule is CC1(C)OC[C@@H](CN2C(=O)N(c3ccccc3Cl)Cc3cnc(S(=O)(=O)Cc4ccccc4)nc32)O1.CC1(C)OC[C@@H](CN2C(=O)N(c3ccccc3Cl)Cc3cnc(SCc4ccccc4)nc32)O1. The average Bonchev–Trinajstić information content (AvgIpc) is 3.88. The van der Waals surface area contributed by atoms with Crippen LogP contribution in [0.15, 0.2) is 132 Å². The van der Waals surface area contributed by atoms with Gasteiger partial charge in [-0.1, -0.05) is 120 Å². The standard InChI is InChI=1S/C25H25ClN4O5S.C25H25ClN4O3S/c1-25(2)34-15-19(35-25)14-30-22-18(13-29(24(30)31)21-11-7-6-10-20(21)26)12-27-23(28-22)36(32,33)16-17-8-4-3-5-9-17;1-25(2)32-15-19(33-25)14-30-22-18(13-29(24(30)31)21-11-7-6-10-20(21)26)12-27-23(28-22)34-16-17-8-4-3-5-9-17/h3-12,19H,13-16H2,1-2H3;3-12,19H,13-16H2,1-2H3/t2*19-/m11/s1. The molecule has 0 bridgehead atoms. The summed E-state index contributed by atoms with van der Waals surface area (Å²) in [5, 5.41) is 1.21. The van der Waals surface area contributed by atoms with Gasteiger partial charge in [0.25, 0.3) is 0 Å². The van der Waals surface area contributed by atoms with E-state index in [-0.39, 0.29) is 48.6 Å². The number of rotatable bonds is 12. The van der Waals surface area contributed by atoms with Crippen LogP contribution in [0, 0.1) is 0 Å². The first kappa shape index (κ1) is 49.3. The quantitative estimate of drug-likeness (QED) is 0.0840. The summed E-state index contributed by atoms with van der Waals surface area (Å²) >= 11 is 14.4. The van der Waals surface area contributed by atoms with Gasteiger partial charge in [-0.25, -0.2) is 37.9 Å². The van der Waals surface area contributed by atoms with E-state index >= 15 is 0 Å². The highest BCUT2D eigenvalue weighted by Gasteiger charge is 2.42. The van der Waals surface area contributed by atoms with Crippen molar-refractivity contribution >= 4 is 79.9 Å². The number of sulfone groups is 1. The fourth-order valence-corrected chi connectivity index (χ4v) is 10.8. The molecule has 16 nitrogen and oxygen atoms in total. The number of fused-ring (bicyclic) bond motifs is 2. The van der Waals surface area contributed by atoms with E-state index in [2.05, 4.69) is 27.1 Å². The van der Waals surface area contributed by atoms with Crippen LogP contribution in [0.3, 0.4) is 0 Å². The Kier molecular flexibility index (Phi) is 14.5. The first-order valence-electron chi connectivity index (χ1n) is 22.5. The number of hydrogen-bond acceptors (Lipinski definition) is 13. The number of carbonyl (C=O) groups excluding carboxylic acids is 2. The van der Waals surface area contributed by atoms with Crippen molar-refractivity contribution in [3.8, 4) is 0 Å². The topological polar surface area (TPSA) is 170 Å². The summed E-state index contributed by atoms with van der Waals surface area (Å²) in [6, 6.07) is 32.7. The number of anilines is 4. The summed E-state index contributed by atoms with van der Waals surface area (Å²) in [6.07, 6.45) is 2.56. The smallest absolute Gasteiger partial charge is 0.330 e. The molecule has 4 amide bonds. The Balaban J connectivity index is 0.000000174. The number of aromatic nitrogens is 4. The van der Waals surface area contributed by atoms with Gasteiger partial charge in [-0.2, -0.15) is 0 Å². The predicted molar refractivity (Wildman–Crippen MR) is 268 cm³/mol. The zero-order valence-corrected chi connectivity index (χ0v) is 41.9. The molecule has 0 spiro atoms. The molecule has 2 aromatic heterocycles. The number of para-hydroxylation sites is 2. The van der Waals surface area contributed by atoms with Gasteiger partial charge in [-0.15, -0.1) is 0 Å². The number of urea groups is 2. The molecule has 0 N–H and O–H groups in total. The Hall–Kier alpha value is -5.70. The number of hydrogen-bond donors (Lipinski definition) is 0. The fourth-order valence-electron chi connectivity index (χ4n) is 8.36. The number of benzene rings is 4. The molecule has 4 aliphatic rings. The molecule has 0 unspecified atom stereocenters. The summed E-state index contributed by atoms with van der Waals surface area (Å²) < 4.78 is 49.6. The van der Waals surface area contributed by atoms with Gasteiger partial charge < -0.3 is 18.9 Å². The van der Waals surface area contributed by atoms with Gasteiger partial charge in [0.2, 0.25) is 15.0 Å². The van der Waals surface area contributed by atoms with E-state index in [1.165, 1.54) is 21.6 Å². The molecule has 2 saturated heterocycles. The summed E-state index contributed by atoms with van der Waals surface area (Å²) in [5.74, 6) is -0.139. The van der Waals surface area contributed by atoms with Gasteiger partial charge >= 0.3 is 12.1 Å². The first-order valence-corrected chi connectivity index (χ1v) is 25.9. The molecule has 20 heteroatoms. The minimum absolute atomic E-state index is 0.116. The summed E-state index contributed by atoms with van der Waals surface area (Å²) in [4.78, 5) is 51.6. The van der Waals surface area contributed by atoms with Crippen molar-refractivity contribution in [2.24, 2.45) is 0 Å². The van der Waals surface area contributed by atoms with Crippen LogP contribution in [0.5, 0.6) is 0 Å². The van der Waals surface area contributed by atoms with Crippen LogP contribution in [-0.2, 0) is 53.4 Å². The van der Waals surface area contributed by atoms with Crippen LogP contribution >= 0.6 is 35.0 Å². The van der Waals surface area contributed by atoms with E-state index in [0.717, 1.165) is 11.3 Å². The van der Waals surface area contributed by atoms with Gasteiger partial charge in [0, 0.05) is 29.3 Å². The van der Waals surface area contributed by atoms with E-state index < -0.39 is 33.5 Å². The minimum Gasteiger partial charge on any atom is -0.348 e. The zero-order valence-electron chi connectivity index (χ0n) is 38.8. The second kappa shape index (κ2) is 20.6. The third-order valence-electron chi connectivity index (χ3n) is 11.6. The van der Waals surface area contributed by atoms with Gasteiger partial charge in [0.15, 0.2) is 16.7 Å². The number of ether oxygens (including phenoxy) is 4. The maximum atomic E-state index is 13.7. The van der Waals surface area contributed by atoms with Gasteiger partial charge in [0.1, 0.15) is 23.8 Å². The molecule has 0 saturated carbocycles. The molecule has 70 heavy (non-hydrogen) atoms. The van der Waals surface area contributed by atoms with Crippen molar-refractivity contribution in [2.45, 2.75) is 86.4 Å². The number of amides is 4. The summed E-state index contributed by atoms with van der Waals surface area (Å²) in [6.45, 7) is 8.93. The number of thioether (sulfide) groups is 1. The highest BCUT2D eigenvalue weighted by atomic mass is 35.5. The van der Waals surface area contributed by atoms with E-state index in [0.29, 0.717) is 63.2 Å². The van der Waals surface area contributed by atoms with E-state index in [1.54, 1.807) is 96.2 Å². The van der Waals surface area contributed by atoms with Crippen molar-refractivity contribution in [3.05, 3.63) is 154 Å². The van der Waals surface area contributed by atoms with Crippen LogP contribution in [0.25, 0.3) is 0 Å². The van der Waals surface area contributed by atoms with Crippen LogP contribution in [-0.4, -0.2) is 90.5 Å². The average molecular weight is 1030 g/mol. The van der Waals surface area contributed by atoms with Crippen molar-refractivity contribution < 1.29 is 37.0 Å². The maximum absolute atomic E-state index is 13.7. The van der Waals surface area contributed by atoms with Gasteiger partial charge in [0.05, 0.1) is 66.6 Å². The van der Waals surface area contributed by atoms with Crippen LogP contribution in [0.4, 0.5) is 32.6 Å². The van der Waals surface area contributed by atoms with Crippen molar-refractivity contribution in [1.29, 1.82) is 0 Å². The Morgan fingerprint density at radius 3 is 1.57 bits per heavy atom. The van der Waals surface area contributed by atoms with Crippen LogP contribution in [0.2, 0.25) is 10.0 Å². The largest absolute Gasteiger partial charge is 0.348 e. The summed E-state index contributed by atoms with van der Waals surface area (Å²) in [7, 11) is -3.86.